The monoisotopic (exact) mass is 397 g/mol. The summed E-state index contributed by atoms with van der Waals surface area (Å²) in [6, 6.07) is 8.27. The first-order valence-electron chi connectivity index (χ1n) is 10.4. The molecule has 2 aliphatic heterocycles. The van der Waals surface area contributed by atoms with Gasteiger partial charge in [-0.1, -0.05) is 12.1 Å². The molecule has 2 fully saturated rings. The second-order valence-corrected chi connectivity index (χ2v) is 8.51. The number of rotatable bonds is 5. The van der Waals surface area contributed by atoms with Crippen LogP contribution in [0.1, 0.15) is 31.7 Å². The third kappa shape index (κ3) is 4.16. The predicted octanol–water partition coefficient (Wildman–Crippen LogP) is 2.26. The van der Waals surface area contributed by atoms with Crippen LogP contribution >= 0.6 is 0 Å². The molecule has 2 aliphatic rings. The van der Waals surface area contributed by atoms with Crippen LogP contribution < -0.4 is 10.1 Å². The highest BCUT2D eigenvalue weighted by atomic mass is 16.5. The van der Waals surface area contributed by atoms with Crippen molar-refractivity contribution in [2.24, 2.45) is 0 Å². The average Bonchev–Trinajstić information content (AvgIpc) is 3.29. The van der Waals surface area contributed by atoms with Crippen molar-refractivity contribution in [2.75, 3.05) is 33.8 Å². The number of aromatic amines is 1. The van der Waals surface area contributed by atoms with Crippen LogP contribution in [0.2, 0.25) is 0 Å². The summed E-state index contributed by atoms with van der Waals surface area (Å²) >= 11 is 0. The summed E-state index contributed by atoms with van der Waals surface area (Å²) in [5.41, 5.74) is 3.43. The molecule has 7 nitrogen and oxygen atoms in total. The summed E-state index contributed by atoms with van der Waals surface area (Å²) in [5.74, 6) is 0.891. The van der Waals surface area contributed by atoms with Crippen molar-refractivity contribution in [1.29, 1.82) is 0 Å². The number of likely N-dealkylation sites (tertiary alicyclic amines) is 2. The number of hydrogen-bond donors (Lipinski definition) is 2. The van der Waals surface area contributed by atoms with Gasteiger partial charge in [-0.25, -0.2) is 0 Å². The molecule has 0 unspecified atom stereocenters. The summed E-state index contributed by atoms with van der Waals surface area (Å²) in [4.78, 5) is 16.7. The minimum atomic E-state index is 0.0558. The molecule has 1 atom stereocenters. The highest BCUT2D eigenvalue weighted by Gasteiger charge is 2.47. The largest absolute Gasteiger partial charge is 0.497 e. The maximum Gasteiger partial charge on any atom is 0.217 e. The number of amides is 1. The van der Waals surface area contributed by atoms with E-state index in [0.29, 0.717) is 0 Å². The van der Waals surface area contributed by atoms with Crippen molar-refractivity contribution in [3.8, 4) is 17.0 Å². The molecule has 1 amide bonds. The first kappa shape index (κ1) is 19.9. The summed E-state index contributed by atoms with van der Waals surface area (Å²) in [6.45, 7) is 5.50. The van der Waals surface area contributed by atoms with E-state index in [9.17, 15) is 4.79 Å². The standard InChI is InChI=1S/C22H31N5O2/c1-16(28)24-19-12-22(7-9-26(2)10-8-22)27(15-19)14-18-13-23-25-21(18)17-5-4-6-20(11-17)29-3/h4-6,11,13,19H,7-10,12,14-15H2,1-3H3,(H,23,25)(H,24,28)/t19-/m1/s1. The zero-order valence-electron chi connectivity index (χ0n) is 17.6. The van der Waals surface area contributed by atoms with Crippen LogP contribution in [0.15, 0.2) is 30.5 Å². The fraction of sp³-hybridized carbons (Fsp3) is 0.545. The maximum atomic E-state index is 11.7. The molecule has 4 rings (SSSR count). The molecule has 2 saturated heterocycles. The van der Waals surface area contributed by atoms with E-state index >= 15 is 0 Å². The van der Waals surface area contributed by atoms with Crippen molar-refractivity contribution in [3.63, 3.8) is 0 Å². The van der Waals surface area contributed by atoms with E-state index < -0.39 is 0 Å². The summed E-state index contributed by atoms with van der Waals surface area (Å²) in [5, 5.41) is 10.7. The van der Waals surface area contributed by atoms with E-state index in [4.69, 9.17) is 4.74 Å². The van der Waals surface area contributed by atoms with Crippen LogP contribution in [-0.2, 0) is 11.3 Å². The number of nitrogens with one attached hydrogen (secondary N) is 2. The number of aromatic nitrogens is 2. The fourth-order valence-electron chi connectivity index (χ4n) is 4.95. The molecule has 7 heteroatoms. The third-order valence-corrected chi connectivity index (χ3v) is 6.50. The van der Waals surface area contributed by atoms with Crippen LogP contribution in [0.5, 0.6) is 5.75 Å². The minimum Gasteiger partial charge on any atom is -0.497 e. The van der Waals surface area contributed by atoms with Gasteiger partial charge in [0.2, 0.25) is 5.91 Å². The average molecular weight is 398 g/mol. The van der Waals surface area contributed by atoms with Crippen LogP contribution in [0, 0.1) is 0 Å². The summed E-state index contributed by atoms with van der Waals surface area (Å²) in [6.07, 6.45) is 5.22. The van der Waals surface area contributed by atoms with Crippen LogP contribution in [0.4, 0.5) is 0 Å². The van der Waals surface area contributed by atoms with Crippen LogP contribution in [0.25, 0.3) is 11.3 Å². The Morgan fingerprint density at radius 2 is 2.17 bits per heavy atom. The number of hydrogen-bond acceptors (Lipinski definition) is 5. The Balaban J connectivity index is 1.59. The number of carbonyl (C=O) groups is 1. The molecule has 0 saturated carbocycles. The van der Waals surface area contributed by atoms with E-state index in [0.717, 1.165) is 62.4 Å². The Morgan fingerprint density at radius 1 is 1.38 bits per heavy atom. The number of piperidine rings is 1. The lowest BCUT2D eigenvalue weighted by atomic mass is 9.84. The fourth-order valence-corrected chi connectivity index (χ4v) is 4.95. The van der Waals surface area contributed by atoms with Gasteiger partial charge in [-0.05, 0) is 51.5 Å². The quantitative estimate of drug-likeness (QED) is 0.810. The minimum absolute atomic E-state index is 0.0558. The van der Waals surface area contributed by atoms with E-state index in [1.807, 2.05) is 24.4 Å². The third-order valence-electron chi connectivity index (χ3n) is 6.50. The first-order valence-corrected chi connectivity index (χ1v) is 10.4. The Morgan fingerprint density at radius 3 is 2.90 bits per heavy atom. The van der Waals surface area contributed by atoms with Gasteiger partial charge in [0.15, 0.2) is 0 Å². The Bertz CT molecular complexity index is 856. The SMILES string of the molecule is COc1cccc(-c2[nH]ncc2CN2C[C@H](NC(C)=O)CC23CCN(C)CC3)c1. The topological polar surface area (TPSA) is 73.5 Å². The lowest BCUT2D eigenvalue weighted by molar-refractivity contribution is -0.119. The highest BCUT2D eigenvalue weighted by Crippen LogP contribution is 2.40. The van der Waals surface area contributed by atoms with E-state index in [-0.39, 0.29) is 17.5 Å². The highest BCUT2D eigenvalue weighted by molar-refractivity contribution is 5.73. The smallest absolute Gasteiger partial charge is 0.217 e. The molecule has 0 radical (unpaired) electrons. The van der Waals surface area contributed by atoms with E-state index in [2.05, 4.69) is 38.4 Å². The molecule has 2 N–H and O–H groups in total. The molecule has 0 aliphatic carbocycles. The van der Waals surface area contributed by atoms with Crippen LogP contribution in [-0.4, -0.2) is 71.3 Å². The first-order chi connectivity index (χ1) is 14.0. The van der Waals surface area contributed by atoms with Crippen molar-refractivity contribution >= 4 is 5.91 Å². The van der Waals surface area contributed by atoms with Gasteiger partial charge in [0.1, 0.15) is 5.75 Å². The number of carbonyl (C=O) groups excluding carboxylic acids is 1. The normalized spacial score (nSPS) is 22.1. The lowest BCUT2D eigenvalue weighted by Crippen LogP contribution is -2.50. The van der Waals surface area contributed by atoms with E-state index in [1.54, 1.807) is 14.0 Å². The van der Waals surface area contributed by atoms with Gasteiger partial charge in [-0.2, -0.15) is 5.10 Å². The molecule has 1 aromatic carbocycles. The summed E-state index contributed by atoms with van der Waals surface area (Å²) in [7, 11) is 3.87. The van der Waals surface area contributed by atoms with E-state index in [1.165, 1.54) is 5.56 Å². The van der Waals surface area contributed by atoms with Crippen molar-refractivity contribution in [1.82, 2.24) is 25.3 Å². The molecule has 29 heavy (non-hydrogen) atoms. The predicted molar refractivity (Wildman–Crippen MR) is 113 cm³/mol. The summed E-state index contributed by atoms with van der Waals surface area (Å²) < 4.78 is 5.39. The van der Waals surface area contributed by atoms with Crippen molar-refractivity contribution < 1.29 is 9.53 Å². The Hall–Kier alpha value is -2.38. The van der Waals surface area contributed by atoms with Gasteiger partial charge in [0, 0.05) is 42.7 Å². The number of methoxy groups -OCH3 is 1. The number of ether oxygens (including phenoxy) is 1. The zero-order valence-corrected chi connectivity index (χ0v) is 17.6. The van der Waals surface area contributed by atoms with Crippen LogP contribution in [0.3, 0.4) is 0 Å². The van der Waals surface area contributed by atoms with Gasteiger partial charge < -0.3 is 15.0 Å². The number of benzene rings is 1. The van der Waals surface area contributed by atoms with Gasteiger partial charge in [-0.3, -0.25) is 14.8 Å². The Kier molecular flexibility index (Phi) is 5.61. The van der Waals surface area contributed by atoms with Gasteiger partial charge in [0.05, 0.1) is 19.0 Å². The molecule has 1 spiro atoms. The second-order valence-electron chi connectivity index (χ2n) is 8.51. The molecule has 1 aromatic heterocycles. The van der Waals surface area contributed by atoms with Gasteiger partial charge in [-0.15, -0.1) is 0 Å². The lowest BCUT2D eigenvalue weighted by Gasteiger charge is -2.44. The second kappa shape index (κ2) is 8.16. The number of H-pyrrole nitrogens is 1. The van der Waals surface area contributed by atoms with Crippen molar-refractivity contribution in [3.05, 3.63) is 36.0 Å². The molecule has 156 valence electrons. The number of nitrogens with zero attached hydrogens (tertiary/aromatic N) is 3. The molecular formula is C22H31N5O2. The zero-order chi connectivity index (χ0) is 20.4. The maximum absolute atomic E-state index is 11.7. The van der Waals surface area contributed by atoms with Gasteiger partial charge >= 0.3 is 0 Å². The van der Waals surface area contributed by atoms with Crippen molar-refractivity contribution in [2.45, 2.75) is 44.3 Å². The molecule has 2 aromatic rings. The molecule has 0 bridgehead atoms. The molecular weight excluding hydrogens is 366 g/mol. The van der Waals surface area contributed by atoms with Gasteiger partial charge in [0.25, 0.3) is 0 Å². The molecule has 3 heterocycles. The Labute approximate surface area is 172 Å².